The SMILES string of the molecule is Cc1nn(-c2ccccc2)c(C)c1/C=C/C(=O)N1CCCC1c1ccccc1. The van der Waals surface area contributed by atoms with Gasteiger partial charge in [-0.15, -0.1) is 0 Å². The van der Waals surface area contributed by atoms with Crippen LogP contribution in [0.4, 0.5) is 0 Å². The zero-order valence-corrected chi connectivity index (χ0v) is 16.4. The molecule has 0 saturated carbocycles. The van der Waals surface area contributed by atoms with Crippen molar-refractivity contribution in [3.63, 3.8) is 0 Å². The molecule has 1 fully saturated rings. The van der Waals surface area contributed by atoms with E-state index in [0.717, 1.165) is 42.0 Å². The highest BCUT2D eigenvalue weighted by atomic mass is 16.2. The number of rotatable bonds is 4. The van der Waals surface area contributed by atoms with Crippen molar-refractivity contribution in [2.75, 3.05) is 6.54 Å². The third-order valence-electron chi connectivity index (χ3n) is 5.46. The summed E-state index contributed by atoms with van der Waals surface area (Å²) < 4.78 is 1.93. The summed E-state index contributed by atoms with van der Waals surface area (Å²) >= 11 is 0. The average Bonchev–Trinajstić information content (AvgIpc) is 3.33. The maximum atomic E-state index is 12.9. The summed E-state index contributed by atoms with van der Waals surface area (Å²) in [6.07, 6.45) is 5.68. The fraction of sp³-hybridized carbons (Fsp3) is 0.250. The molecule has 2 heterocycles. The minimum atomic E-state index is 0.0672. The highest BCUT2D eigenvalue weighted by molar-refractivity contribution is 5.92. The number of para-hydroxylation sites is 1. The summed E-state index contributed by atoms with van der Waals surface area (Å²) in [6.45, 7) is 4.84. The highest BCUT2D eigenvalue weighted by Gasteiger charge is 2.28. The number of benzene rings is 2. The second-order valence-electron chi connectivity index (χ2n) is 7.27. The molecule has 1 atom stereocenters. The molecule has 1 aromatic heterocycles. The Morgan fingerprint density at radius 1 is 1.04 bits per heavy atom. The lowest BCUT2D eigenvalue weighted by Gasteiger charge is -2.23. The molecule has 4 heteroatoms. The number of likely N-dealkylation sites (tertiary alicyclic amines) is 1. The Hall–Kier alpha value is -3.14. The number of nitrogens with zero attached hydrogens (tertiary/aromatic N) is 3. The van der Waals surface area contributed by atoms with Gasteiger partial charge in [0.15, 0.2) is 0 Å². The van der Waals surface area contributed by atoms with Crippen molar-refractivity contribution in [2.45, 2.75) is 32.7 Å². The van der Waals surface area contributed by atoms with Crippen LogP contribution in [0.15, 0.2) is 66.7 Å². The van der Waals surface area contributed by atoms with E-state index in [-0.39, 0.29) is 11.9 Å². The Morgan fingerprint density at radius 2 is 1.71 bits per heavy atom. The molecule has 28 heavy (non-hydrogen) atoms. The van der Waals surface area contributed by atoms with Crippen LogP contribution < -0.4 is 0 Å². The second-order valence-corrected chi connectivity index (χ2v) is 7.27. The van der Waals surface area contributed by atoms with Gasteiger partial charge in [-0.3, -0.25) is 4.79 Å². The Bertz CT molecular complexity index is 989. The van der Waals surface area contributed by atoms with Gasteiger partial charge in [-0.25, -0.2) is 4.68 Å². The van der Waals surface area contributed by atoms with Crippen molar-refractivity contribution in [1.82, 2.24) is 14.7 Å². The van der Waals surface area contributed by atoms with Gasteiger partial charge in [-0.05, 0) is 50.5 Å². The van der Waals surface area contributed by atoms with Crippen LogP contribution in [0.3, 0.4) is 0 Å². The van der Waals surface area contributed by atoms with E-state index < -0.39 is 0 Å². The smallest absolute Gasteiger partial charge is 0.247 e. The zero-order chi connectivity index (χ0) is 19.5. The molecule has 1 unspecified atom stereocenters. The summed E-state index contributed by atoms with van der Waals surface area (Å²) in [4.78, 5) is 14.9. The van der Waals surface area contributed by atoms with E-state index in [9.17, 15) is 4.79 Å². The van der Waals surface area contributed by atoms with E-state index in [2.05, 4.69) is 17.2 Å². The van der Waals surface area contributed by atoms with Crippen LogP contribution >= 0.6 is 0 Å². The molecule has 1 saturated heterocycles. The van der Waals surface area contributed by atoms with Crippen molar-refractivity contribution in [3.05, 3.63) is 89.3 Å². The Balaban J connectivity index is 1.56. The summed E-state index contributed by atoms with van der Waals surface area (Å²) in [5, 5.41) is 4.66. The molecule has 3 aromatic rings. The van der Waals surface area contributed by atoms with Crippen molar-refractivity contribution < 1.29 is 4.79 Å². The molecule has 0 spiro atoms. The molecule has 0 bridgehead atoms. The maximum Gasteiger partial charge on any atom is 0.247 e. The standard InChI is InChI=1S/C24H25N3O/c1-18-22(19(2)27(25-18)21-12-7-4-8-13-21)15-16-24(28)26-17-9-14-23(26)20-10-5-3-6-11-20/h3-8,10-13,15-16,23H,9,14,17H2,1-2H3/b16-15+. The van der Waals surface area contributed by atoms with Crippen LogP contribution in [0.5, 0.6) is 0 Å². The van der Waals surface area contributed by atoms with E-state index in [0.29, 0.717) is 0 Å². The topological polar surface area (TPSA) is 38.1 Å². The van der Waals surface area contributed by atoms with Gasteiger partial charge in [0.25, 0.3) is 0 Å². The van der Waals surface area contributed by atoms with Crippen molar-refractivity contribution in [3.8, 4) is 5.69 Å². The largest absolute Gasteiger partial charge is 0.332 e. The first-order valence-electron chi connectivity index (χ1n) is 9.80. The monoisotopic (exact) mass is 371 g/mol. The number of aromatic nitrogens is 2. The van der Waals surface area contributed by atoms with Crippen molar-refractivity contribution in [2.24, 2.45) is 0 Å². The first-order valence-corrected chi connectivity index (χ1v) is 9.80. The second kappa shape index (κ2) is 7.85. The molecule has 4 nitrogen and oxygen atoms in total. The third-order valence-corrected chi connectivity index (χ3v) is 5.46. The van der Waals surface area contributed by atoms with E-state index in [1.165, 1.54) is 5.56 Å². The van der Waals surface area contributed by atoms with E-state index in [4.69, 9.17) is 0 Å². The summed E-state index contributed by atoms with van der Waals surface area (Å²) in [6, 6.07) is 20.6. The van der Waals surface area contributed by atoms with E-state index in [1.54, 1.807) is 6.08 Å². The van der Waals surface area contributed by atoms with Gasteiger partial charge in [-0.2, -0.15) is 5.10 Å². The number of hydrogen-bond acceptors (Lipinski definition) is 2. The Kier molecular flexibility index (Phi) is 5.11. The lowest BCUT2D eigenvalue weighted by molar-refractivity contribution is -0.126. The molecule has 0 aliphatic carbocycles. The number of aryl methyl sites for hydroxylation is 1. The molecular formula is C24H25N3O. The number of hydrogen-bond donors (Lipinski definition) is 0. The van der Waals surface area contributed by atoms with Gasteiger partial charge in [0.05, 0.1) is 17.4 Å². The molecule has 1 aliphatic rings. The molecule has 4 rings (SSSR count). The molecule has 1 amide bonds. The molecular weight excluding hydrogens is 346 g/mol. The van der Waals surface area contributed by atoms with E-state index >= 15 is 0 Å². The molecule has 0 radical (unpaired) electrons. The first kappa shape index (κ1) is 18.2. The van der Waals surface area contributed by atoms with Gasteiger partial charge in [0, 0.05) is 23.9 Å². The molecule has 2 aromatic carbocycles. The van der Waals surface area contributed by atoms with Crippen LogP contribution in [0.2, 0.25) is 0 Å². The third kappa shape index (κ3) is 3.50. The number of carbonyl (C=O) groups excluding carboxylic acids is 1. The Morgan fingerprint density at radius 3 is 2.43 bits per heavy atom. The van der Waals surface area contributed by atoms with Gasteiger partial charge in [0.2, 0.25) is 5.91 Å². The normalized spacial score (nSPS) is 16.8. The van der Waals surface area contributed by atoms with Gasteiger partial charge < -0.3 is 4.90 Å². The van der Waals surface area contributed by atoms with Gasteiger partial charge in [-0.1, -0.05) is 48.5 Å². The fourth-order valence-electron chi connectivity index (χ4n) is 4.02. The molecule has 142 valence electrons. The fourth-order valence-corrected chi connectivity index (χ4v) is 4.02. The van der Waals surface area contributed by atoms with Crippen LogP contribution in [-0.2, 0) is 4.79 Å². The quantitative estimate of drug-likeness (QED) is 0.614. The number of amides is 1. The number of carbonyl (C=O) groups is 1. The van der Waals surface area contributed by atoms with Crippen LogP contribution in [0, 0.1) is 13.8 Å². The lowest BCUT2D eigenvalue weighted by Crippen LogP contribution is -2.28. The van der Waals surface area contributed by atoms with Gasteiger partial charge in [0.1, 0.15) is 0 Å². The van der Waals surface area contributed by atoms with Crippen LogP contribution in [0.1, 0.15) is 41.4 Å². The lowest BCUT2D eigenvalue weighted by atomic mass is 10.0. The highest BCUT2D eigenvalue weighted by Crippen LogP contribution is 2.32. The summed E-state index contributed by atoms with van der Waals surface area (Å²) in [7, 11) is 0. The molecule has 0 N–H and O–H groups in total. The van der Waals surface area contributed by atoms with Crippen LogP contribution in [-0.4, -0.2) is 27.1 Å². The summed E-state index contributed by atoms with van der Waals surface area (Å²) in [5.41, 5.74) is 5.21. The van der Waals surface area contributed by atoms with E-state index in [1.807, 2.05) is 78.0 Å². The van der Waals surface area contributed by atoms with Crippen molar-refractivity contribution in [1.29, 1.82) is 0 Å². The maximum absolute atomic E-state index is 12.9. The van der Waals surface area contributed by atoms with Crippen molar-refractivity contribution >= 4 is 12.0 Å². The summed E-state index contributed by atoms with van der Waals surface area (Å²) in [5.74, 6) is 0.0672. The first-order chi connectivity index (χ1) is 13.6. The van der Waals surface area contributed by atoms with Gasteiger partial charge >= 0.3 is 0 Å². The minimum absolute atomic E-state index is 0.0672. The zero-order valence-electron chi connectivity index (χ0n) is 16.4. The predicted molar refractivity (Wildman–Crippen MR) is 112 cm³/mol. The average molecular weight is 371 g/mol. The predicted octanol–water partition coefficient (Wildman–Crippen LogP) is 4.87. The Labute approximate surface area is 166 Å². The molecule has 1 aliphatic heterocycles. The minimum Gasteiger partial charge on any atom is -0.332 e. The van der Waals surface area contributed by atoms with Crippen LogP contribution in [0.25, 0.3) is 11.8 Å².